The summed E-state index contributed by atoms with van der Waals surface area (Å²) in [7, 11) is -0.468. The van der Waals surface area contributed by atoms with Gasteiger partial charge in [0.15, 0.2) is 0 Å². The molecular weight excluding hydrogens is 428 g/mol. The second kappa shape index (κ2) is 9.32. The number of rotatable bonds is 10. The van der Waals surface area contributed by atoms with Gasteiger partial charge in [0, 0.05) is 20.6 Å². The van der Waals surface area contributed by atoms with Gasteiger partial charge in [-0.25, -0.2) is 17.7 Å². The smallest absolute Gasteiger partial charge is 0.242 e. The van der Waals surface area contributed by atoms with Gasteiger partial charge >= 0.3 is 0 Å². The molecule has 0 aliphatic rings. The highest BCUT2D eigenvalue weighted by Gasteiger charge is 2.21. The molecule has 170 valence electrons. The van der Waals surface area contributed by atoms with Crippen molar-refractivity contribution in [2.24, 2.45) is 0 Å². The van der Waals surface area contributed by atoms with Gasteiger partial charge in [-0.1, -0.05) is 6.92 Å². The second-order valence-corrected chi connectivity index (χ2v) is 10.1. The normalized spacial score (nSPS) is 12.4. The molecule has 3 aromatic heterocycles. The Bertz CT molecular complexity index is 1220. The van der Waals surface area contributed by atoms with Crippen molar-refractivity contribution in [3.8, 4) is 0 Å². The van der Waals surface area contributed by atoms with E-state index in [0.717, 1.165) is 35.8 Å². The SMILES string of the molecule is CCCn1c(CN(Cc2ccco2)Cc2ccco2)nc2cc(S(=O)(=O)N(C)C)ccc21. The molecule has 0 spiro atoms. The third kappa shape index (κ3) is 4.64. The van der Waals surface area contributed by atoms with Gasteiger partial charge in [-0.3, -0.25) is 4.90 Å². The van der Waals surface area contributed by atoms with E-state index in [1.165, 1.54) is 18.4 Å². The summed E-state index contributed by atoms with van der Waals surface area (Å²) in [5.41, 5.74) is 1.60. The van der Waals surface area contributed by atoms with E-state index in [1.54, 1.807) is 24.7 Å². The van der Waals surface area contributed by atoms with Crippen LogP contribution in [0.5, 0.6) is 0 Å². The highest BCUT2D eigenvalue weighted by Crippen LogP contribution is 2.24. The van der Waals surface area contributed by atoms with E-state index in [-0.39, 0.29) is 4.90 Å². The number of fused-ring (bicyclic) bond motifs is 1. The number of furan rings is 2. The number of aryl methyl sites for hydroxylation is 1. The number of benzene rings is 1. The Morgan fingerprint density at radius 1 is 0.969 bits per heavy atom. The van der Waals surface area contributed by atoms with Crippen LogP contribution in [0.2, 0.25) is 0 Å². The molecule has 4 rings (SSSR count). The van der Waals surface area contributed by atoms with Gasteiger partial charge in [-0.05, 0) is 48.9 Å². The summed E-state index contributed by atoms with van der Waals surface area (Å²) in [6.45, 7) is 4.67. The molecule has 0 radical (unpaired) electrons. The third-order valence-electron chi connectivity index (χ3n) is 5.31. The van der Waals surface area contributed by atoms with Gasteiger partial charge in [-0.15, -0.1) is 0 Å². The van der Waals surface area contributed by atoms with E-state index in [4.69, 9.17) is 13.8 Å². The van der Waals surface area contributed by atoms with Crippen LogP contribution in [0.25, 0.3) is 11.0 Å². The molecule has 0 atom stereocenters. The molecule has 1 aromatic carbocycles. The number of aromatic nitrogens is 2. The first kappa shape index (κ1) is 22.3. The zero-order valence-corrected chi connectivity index (χ0v) is 19.4. The Labute approximate surface area is 188 Å². The van der Waals surface area contributed by atoms with E-state index in [2.05, 4.69) is 16.4 Å². The minimum absolute atomic E-state index is 0.241. The number of imidazole rings is 1. The highest BCUT2D eigenvalue weighted by atomic mass is 32.2. The molecule has 8 nitrogen and oxygen atoms in total. The monoisotopic (exact) mass is 456 g/mol. The summed E-state index contributed by atoms with van der Waals surface area (Å²) in [6.07, 6.45) is 4.27. The summed E-state index contributed by atoms with van der Waals surface area (Å²) >= 11 is 0. The van der Waals surface area contributed by atoms with Crippen molar-refractivity contribution in [1.29, 1.82) is 0 Å². The second-order valence-electron chi connectivity index (χ2n) is 7.92. The molecule has 0 unspecified atom stereocenters. The van der Waals surface area contributed by atoms with Crippen molar-refractivity contribution in [3.63, 3.8) is 0 Å². The Balaban J connectivity index is 1.70. The van der Waals surface area contributed by atoms with Gasteiger partial charge in [-0.2, -0.15) is 0 Å². The van der Waals surface area contributed by atoms with Crippen molar-refractivity contribution >= 4 is 21.1 Å². The van der Waals surface area contributed by atoms with Gasteiger partial charge in [0.05, 0.1) is 48.1 Å². The minimum atomic E-state index is -3.53. The minimum Gasteiger partial charge on any atom is -0.468 e. The van der Waals surface area contributed by atoms with Crippen LogP contribution in [-0.2, 0) is 36.2 Å². The Morgan fingerprint density at radius 2 is 1.62 bits per heavy atom. The quantitative estimate of drug-likeness (QED) is 0.357. The average Bonchev–Trinajstić information content (AvgIpc) is 3.51. The lowest BCUT2D eigenvalue weighted by Gasteiger charge is -2.20. The lowest BCUT2D eigenvalue weighted by molar-refractivity contribution is 0.202. The molecule has 0 aliphatic heterocycles. The zero-order valence-electron chi connectivity index (χ0n) is 18.6. The van der Waals surface area contributed by atoms with Crippen molar-refractivity contribution in [3.05, 3.63) is 72.3 Å². The van der Waals surface area contributed by atoms with E-state index < -0.39 is 10.0 Å². The predicted octanol–water partition coefficient (Wildman–Crippen LogP) is 4.09. The molecule has 0 saturated heterocycles. The summed E-state index contributed by atoms with van der Waals surface area (Å²) in [5, 5.41) is 0. The van der Waals surface area contributed by atoms with Crippen molar-refractivity contribution in [1.82, 2.24) is 18.8 Å². The number of nitrogens with zero attached hydrogens (tertiary/aromatic N) is 4. The first-order valence-corrected chi connectivity index (χ1v) is 12.0. The van der Waals surface area contributed by atoms with Gasteiger partial charge in [0.25, 0.3) is 0 Å². The van der Waals surface area contributed by atoms with Gasteiger partial charge in [0.1, 0.15) is 17.3 Å². The predicted molar refractivity (Wildman–Crippen MR) is 121 cm³/mol. The van der Waals surface area contributed by atoms with E-state index >= 15 is 0 Å². The Kier molecular flexibility index (Phi) is 6.50. The van der Waals surface area contributed by atoms with E-state index in [9.17, 15) is 8.42 Å². The molecule has 0 fully saturated rings. The molecule has 4 aromatic rings. The van der Waals surface area contributed by atoms with Gasteiger partial charge in [0.2, 0.25) is 10.0 Å². The lowest BCUT2D eigenvalue weighted by atomic mass is 10.3. The van der Waals surface area contributed by atoms with Crippen LogP contribution in [0.3, 0.4) is 0 Å². The van der Waals surface area contributed by atoms with Crippen LogP contribution in [0.4, 0.5) is 0 Å². The fraction of sp³-hybridized carbons (Fsp3) is 0.348. The zero-order chi connectivity index (χ0) is 22.7. The number of hydrogen-bond donors (Lipinski definition) is 0. The van der Waals surface area contributed by atoms with Gasteiger partial charge < -0.3 is 13.4 Å². The topological polar surface area (TPSA) is 84.7 Å². The molecule has 32 heavy (non-hydrogen) atoms. The Hall–Kier alpha value is -2.88. The summed E-state index contributed by atoms with van der Waals surface area (Å²) < 4.78 is 39.7. The first-order valence-electron chi connectivity index (χ1n) is 10.6. The van der Waals surface area contributed by atoms with Crippen molar-refractivity contribution < 1.29 is 17.3 Å². The largest absolute Gasteiger partial charge is 0.468 e. The summed E-state index contributed by atoms with van der Waals surface area (Å²) in [4.78, 5) is 7.28. The average molecular weight is 457 g/mol. The van der Waals surface area contributed by atoms with Crippen molar-refractivity contribution in [2.75, 3.05) is 14.1 Å². The molecule has 0 N–H and O–H groups in total. The number of hydrogen-bond acceptors (Lipinski definition) is 6. The molecule has 0 bridgehead atoms. The molecule has 0 amide bonds. The van der Waals surface area contributed by atoms with Crippen LogP contribution in [0.1, 0.15) is 30.7 Å². The maximum absolute atomic E-state index is 12.6. The summed E-state index contributed by atoms with van der Waals surface area (Å²) in [5.74, 6) is 2.59. The molecule has 0 aliphatic carbocycles. The van der Waals surface area contributed by atoms with E-state index in [0.29, 0.717) is 25.2 Å². The van der Waals surface area contributed by atoms with Crippen LogP contribution in [0.15, 0.2) is 68.7 Å². The third-order valence-corrected chi connectivity index (χ3v) is 7.12. The van der Waals surface area contributed by atoms with Crippen LogP contribution >= 0.6 is 0 Å². The first-order chi connectivity index (χ1) is 15.4. The number of sulfonamides is 1. The Morgan fingerprint density at radius 3 is 2.16 bits per heavy atom. The van der Waals surface area contributed by atoms with Crippen LogP contribution < -0.4 is 0 Å². The van der Waals surface area contributed by atoms with Crippen LogP contribution in [0, 0.1) is 0 Å². The molecule has 0 saturated carbocycles. The fourth-order valence-electron chi connectivity index (χ4n) is 3.74. The fourth-order valence-corrected chi connectivity index (χ4v) is 4.66. The molecular formula is C23H28N4O4S. The maximum atomic E-state index is 12.6. The van der Waals surface area contributed by atoms with Crippen molar-refractivity contribution in [2.45, 2.75) is 44.4 Å². The lowest BCUT2D eigenvalue weighted by Crippen LogP contribution is -2.24. The van der Waals surface area contributed by atoms with E-state index in [1.807, 2.05) is 30.3 Å². The molecule has 9 heteroatoms. The summed E-state index contributed by atoms with van der Waals surface area (Å²) in [6, 6.07) is 12.8. The maximum Gasteiger partial charge on any atom is 0.242 e. The van der Waals surface area contributed by atoms with Crippen LogP contribution in [-0.4, -0.2) is 41.3 Å². The highest BCUT2D eigenvalue weighted by molar-refractivity contribution is 7.89. The standard InChI is InChI=1S/C23H28N4O4S/c1-4-11-27-22-10-9-20(32(28,29)25(2)3)14-21(22)24-23(27)17-26(15-18-7-5-12-30-18)16-19-8-6-13-31-19/h5-10,12-14H,4,11,15-17H2,1-3H3. The molecule has 3 heterocycles.